The van der Waals surface area contributed by atoms with Crippen LogP contribution in [0.25, 0.3) is 10.6 Å². The first kappa shape index (κ1) is 20.8. The Morgan fingerprint density at radius 2 is 1.97 bits per heavy atom. The lowest BCUT2D eigenvalue weighted by Crippen LogP contribution is -2.10. The monoisotopic (exact) mass is 470 g/mol. The summed E-state index contributed by atoms with van der Waals surface area (Å²) in [5, 5.41) is 12.3. The van der Waals surface area contributed by atoms with Crippen LogP contribution in [0.4, 0.5) is 4.39 Å². The van der Waals surface area contributed by atoms with E-state index in [-0.39, 0.29) is 18.7 Å². The molecule has 5 rings (SSSR count). The van der Waals surface area contributed by atoms with Gasteiger partial charge < -0.3 is 18.8 Å². The Bertz CT molecular complexity index is 1240. The Labute approximate surface area is 192 Å². The minimum atomic E-state index is -0.329. The summed E-state index contributed by atoms with van der Waals surface area (Å²) in [4.78, 5) is 4.74. The molecule has 0 radical (unpaired) electrons. The van der Waals surface area contributed by atoms with Gasteiger partial charge in [0, 0.05) is 23.7 Å². The van der Waals surface area contributed by atoms with Gasteiger partial charge in [-0.2, -0.15) is 0 Å². The van der Waals surface area contributed by atoms with Crippen molar-refractivity contribution in [2.75, 3.05) is 6.79 Å². The summed E-state index contributed by atoms with van der Waals surface area (Å²) in [6.45, 7) is 2.14. The van der Waals surface area contributed by atoms with Gasteiger partial charge in [-0.05, 0) is 49.4 Å². The summed E-state index contributed by atoms with van der Waals surface area (Å²) in [7, 11) is 1.90. The Hall–Kier alpha value is -3.11. The van der Waals surface area contributed by atoms with Gasteiger partial charge in [-0.15, -0.1) is 21.5 Å². The number of aromatic nitrogens is 4. The number of fused-ring (bicyclic) bond motifs is 1. The van der Waals surface area contributed by atoms with Gasteiger partial charge >= 0.3 is 0 Å². The Kier molecular flexibility index (Phi) is 5.71. The topological polar surface area (TPSA) is 71.3 Å². The number of thiazole rings is 1. The number of ether oxygens (including phenoxy) is 3. The fraction of sp³-hybridized carbons (Fsp3) is 0.227. The van der Waals surface area contributed by atoms with Crippen molar-refractivity contribution in [1.82, 2.24) is 19.7 Å². The molecule has 1 aliphatic heterocycles. The first-order chi connectivity index (χ1) is 15.6. The number of hydrogen-bond donors (Lipinski definition) is 0. The average molecular weight is 471 g/mol. The molecule has 10 heteroatoms. The second-order valence-corrected chi connectivity index (χ2v) is 8.92. The third-order valence-corrected chi connectivity index (χ3v) is 6.87. The summed E-state index contributed by atoms with van der Waals surface area (Å²) < 4.78 is 31.7. The minimum Gasteiger partial charge on any atom is -0.483 e. The maximum Gasteiger partial charge on any atom is 0.231 e. The number of thioether (sulfide) groups is 1. The summed E-state index contributed by atoms with van der Waals surface area (Å²) >= 11 is 3.15. The van der Waals surface area contributed by atoms with Crippen LogP contribution >= 0.6 is 23.1 Å². The van der Waals surface area contributed by atoms with Crippen LogP contribution in [0.2, 0.25) is 0 Å². The number of nitrogens with zero attached hydrogens (tertiary/aromatic N) is 4. The quantitative estimate of drug-likeness (QED) is 0.342. The predicted octanol–water partition coefficient (Wildman–Crippen LogP) is 5.24. The Balaban J connectivity index is 1.23. The molecule has 3 heterocycles. The summed E-state index contributed by atoms with van der Waals surface area (Å²) in [6.07, 6.45) is -0.329. The van der Waals surface area contributed by atoms with E-state index in [1.165, 1.54) is 12.1 Å². The van der Waals surface area contributed by atoms with Crippen molar-refractivity contribution in [3.8, 4) is 27.8 Å². The van der Waals surface area contributed by atoms with Crippen LogP contribution in [0.5, 0.6) is 17.2 Å². The molecule has 7 nitrogen and oxygen atoms in total. The van der Waals surface area contributed by atoms with Crippen LogP contribution in [0.15, 0.2) is 53.0 Å². The summed E-state index contributed by atoms with van der Waals surface area (Å²) in [5.74, 6) is 3.14. The van der Waals surface area contributed by atoms with Gasteiger partial charge in [0.1, 0.15) is 16.6 Å². The van der Waals surface area contributed by atoms with Crippen molar-refractivity contribution in [3.05, 3.63) is 65.2 Å². The van der Waals surface area contributed by atoms with Gasteiger partial charge in [0.25, 0.3) is 0 Å². The highest BCUT2D eigenvalue weighted by Gasteiger charge is 2.19. The molecule has 1 aliphatic rings. The van der Waals surface area contributed by atoms with E-state index >= 15 is 0 Å². The molecule has 1 unspecified atom stereocenters. The fourth-order valence-electron chi connectivity index (χ4n) is 3.25. The Morgan fingerprint density at radius 3 is 2.81 bits per heavy atom. The number of hydrogen-bond acceptors (Lipinski definition) is 8. The van der Waals surface area contributed by atoms with Crippen LogP contribution in [0.3, 0.4) is 0 Å². The smallest absolute Gasteiger partial charge is 0.231 e. The number of halogens is 1. The second-order valence-electron chi connectivity index (χ2n) is 7.11. The second kappa shape index (κ2) is 8.79. The molecule has 164 valence electrons. The lowest BCUT2D eigenvalue weighted by Gasteiger charge is -2.14. The van der Waals surface area contributed by atoms with Gasteiger partial charge in [0.2, 0.25) is 6.79 Å². The van der Waals surface area contributed by atoms with E-state index in [1.807, 2.05) is 42.1 Å². The molecular weight excluding hydrogens is 451 g/mol. The van der Waals surface area contributed by atoms with Gasteiger partial charge in [-0.3, -0.25) is 0 Å². The fourth-order valence-corrected chi connectivity index (χ4v) is 4.98. The first-order valence-electron chi connectivity index (χ1n) is 9.85. The van der Waals surface area contributed by atoms with E-state index in [0.717, 1.165) is 32.9 Å². The highest BCUT2D eigenvalue weighted by molar-refractivity contribution is 7.98. The molecule has 0 saturated carbocycles. The molecule has 0 fully saturated rings. The van der Waals surface area contributed by atoms with Crippen molar-refractivity contribution in [1.29, 1.82) is 0 Å². The van der Waals surface area contributed by atoms with Crippen LogP contribution < -0.4 is 14.2 Å². The first-order valence-corrected chi connectivity index (χ1v) is 11.7. The molecule has 0 saturated heterocycles. The van der Waals surface area contributed by atoms with Crippen molar-refractivity contribution >= 4 is 23.1 Å². The molecular formula is C22H19FN4O3S2. The molecule has 2 aromatic carbocycles. The van der Waals surface area contributed by atoms with E-state index in [0.29, 0.717) is 17.3 Å². The van der Waals surface area contributed by atoms with E-state index in [1.54, 1.807) is 35.2 Å². The van der Waals surface area contributed by atoms with Gasteiger partial charge in [-0.1, -0.05) is 11.8 Å². The largest absolute Gasteiger partial charge is 0.483 e. The minimum absolute atomic E-state index is 0.256. The molecule has 1 atom stereocenters. The van der Waals surface area contributed by atoms with Gasteiger partial charge in [-0.25, -0.2) is 9.37 Å². The molecule has 0 aliphatic carbocycles. The zero-order chi connectivity index (χ0) is 22.1. The zero-order valence-corrected chi connectivity index (χ0v) is 19.0. The molecule has 0 spiro atoms. The average Bonchev–Trinajstić information content (AvgIpc) is 3.53. The van der Waals surface area contributed by atoms with E-state index in [4.69, 9.17) is 19.2 Å². The molecule has 0 bridgehead atoms. The van der Waals surface area contributed by atoms with E-state index in [9.17, 15) is 4.39 Å². The number of rotatable bonds is 7. The maximum atomic E-state index is 13.1. The van der Waals surface area contributed by atoms with Crippen molar-refractivity contribution in [3.63, 3.8) is 0 Å². The third-order valence-electron chi connectivity index (χ3n) is 4.88. The number of benzene rings is 2. The summed E-state index contributed by atoms with van der Waals surface area (Å²) in [5.41, 5.74) is 1.97. The molecule has 2 aromatic heterocycles. The maximum absolute atomic E-state index is 13.1. The standard InChI is InChI=1S/C22H19FN4O3S2/c1-13(30-17-6-4-15(23)5-7-17)20-25-26-22(27(20)2)32-11-16-10-31-21(24-16)14-3-8-18-19(9-14)29-12-28-18/h3-10,13H,11-12H2,1-2H3. The van der Waals surface area contributed by atoms with Crippen molar-refractivity contribution in [2.45, 2.75) is 23.9 Å². The zero-order valence-electron chi connectivity index (χ0n) is 17.3. The van der Waals surface area contributed by atoms with Crippen LogP contribution in [0.1, 0.15) is 24.5 Å². The van der Waals surface area contributed by atoms with Crippen LogP contribution in [-0.4, -0.2) is 26.5 Å². The molecule has 0 amide bonds. The highest BCUT2D eigenvalue weighted by atomic mass is 32.2. The van der Waals surface area contributed by atoms with Crippen molar-refractivity contribution in [2.24, 2.45) is 7.05 Å². The van der Waals surface area contributed by atoms with E-state index in [2.05, 4.69) is 10.2 Å². The van der Waals surface area contributed by atoms with Gasteiger partial charge in [0.15, 0.2) is 28.6 Å². The molecule has 32 heavy (non-hydrogen) atoms. The van der Waals surface area contributed by atoms with Crippen LogP contribution in [-0.2, 0) is 12.8 Å². The van der Waals surface area contributed by atoms with Crippen LogP contribution in [0, 0.1) is 5.82 Å². The summed E-state index contributed by atoms with van der Waals surface area (Å²) in [6, 6.07) is 11.8. The lowest BCUT2D eigenvalue weighted by atomic mass is 10.2. The Morgan fingerprint density at radius 1 is 1.16 bits per heavy atom. The SMILES string of the molecule is CC(Oc1ccc(F)cc1)c1nnc(SCc2csc(-c3ccc4c(c3)OCO4)n2)n1C. The normalized spacial score (nSPS) is 13.3. The third kappa shape index (κ3) is 4.28. The highest BCUT2D eigenvalue weighted by Crippen LogP contribution is 2.37. The molecule has 0 N–H and O–H groups in total. The van der Waals surface area contributed by atoms with Gasteiger partial charge in [0.05, 0.1) is 5.69 Å². The van der Waals surface area contributed by atoms with Crippen molar-refractivity contribution < 1.29 is 18.6 Å². The molecule has 4 aromatic rings. The lowest BCUT2D eigenvalue weighted by molar-refractivity contribution is 0.174. The predicted molar refractivity (Wildman–Crippen MR) is 120 cm³/mol. The van der Waals surface area contributed by atoms with E-state index < -0.39 is 0 Å².